The Balaban J connectivity index is 1.97. The highest BCUT2D eigenvalue weighted by Gasteiger charge is 2.21. The van der Waals surface area contributed by atoms with E-state index in [1.165, 1.54) is 11.1 Å². The Morgan fingerprint density at radius 2 is 2.00 bits per heavy atom. The van der Waals surface area contributed by atoms with Gasteiger partial charge in [0.25, 0.3) is 0 Å². The van der Waals surface area contributed by atoms with E-state index in [1.54, 1.807) is 18.2 Å². The molecule has 1 aromatic rings. The van der Waals surface area contributed by atoms with Crippen LogP contribution in [0.3, 0.4) is 0 Å². The van der Waals surface area contributed by atoms with E-state index in [2.05, 4.69) is 26.8 Å². The molecule has 0 aliphatic carbocycles. The van der Waals surface area contributed by atoms with Crippen LogP contribution in [-0.4, -0.2) is 36.6 Å². The molecule has 0 saturated carbocycles. The lowest BCUT2D eigenvalue weighted by Gasteiger charge is -2.21. The van der Waals surface area contributed by atoms with E-state index in [9.17, 15) is 5.11 Å². The van der Waals surface area contributed by atoms with Gasteiger partial charge in [0.15, 0.2) is 11.5 Å². The predicted molar refractivity (Wildman–Crippen MR) is 107 cm³/mol. The monoisotopic (exact) mass is 374 g/mol. The molecule has 0 radical (unpaired) electrons. The summed E-state index contributed by atoms with van der Waals surface area (Å²) in [5.74, 6) is 1.72. The molecule has 1 aromatic carbocycles. The Morgan fingerprint density at radius 1 is 1.19 bits per heavy atom. The normalized spacial score (nSPS) is 13.7. The summed E-state index contributed by atoms with van der Waals surface area (Å²) in [7, 11) is 0. The van der Waals surface area contributed by atoms with Crippen molar-refractivity contribution in [2.24, 2.45) is 0 Å². The van der Waals surface area contributed by atoms with Crippen LogP contribution in [-0.2, 0) is 4.74 Å². The third-order valence-electron chi connectivity index (χ3n) is 4.18. The van der Waals surface area contributed by atoms with Gasteiger partial charge >= 0.3 is 0 Å². The van der Waals surface area contributed by atoms with Crippen molar-refractivity contribution in [2.45, 2.75) is 40.0 Å². The molecule has 1 aliphatic rings. The van der Waals surface area contributed by atoms with Crippen molar-refractivity contribution in [1.29, 1.82) is 0 Å². The molecule has 0 atom stereocenters. The highest BCUT2D eigenvalue weighted by Crippen LogP contribution is 2.34. The molecule has 0 amide bonds. The SMILES string of the molecule is CC(C)=CCC/C(C)=C/COC1=C(O)c2cc(OCCCO)ccc2OC1. The Hall–Kier alpha value is -2.40. The van der Waals surface area contributed by atoms with E-state index in [4.69, 9.17) is 19.3 Å². The number of hydrogen-bond acceptors (Lipinski definition) is 5. The van der Waals surface area contributed by atoms with Crippen molar-refractivity contribution >= 4 is 5.76 Å². The van der Waals surface area contributed by atoms with Gasteiger partial charge in [-0.3, -0.25) is 0 Å². The zero-order valence-corrected chi connectivity index (χ0v) is 16.5. The number of aliphatic hydroxyl groups is 2. The number of rotatable bonds is 10. The van der Waals surface area contributed by atoms with E-state index in [0.717, 1.165) is 12.8 Å². The van der Waals surface area contributed by atoms with Gasteiger partial charge in [-0.2, -0.15) is 0 Å². The maximum Gasteiger partial charge on any atom is 0.176 e. The largest absolute Gasteiger partial charge is 0.504 e. The van der Waals surface area contributed by atoms with Crippen LogP contribution in [0.5, 0.6) is 11.5 Å². The number of benzene rings is 1. The summed E-state index contributed by atoms with van der Waals surface area (Å²) in [6.07, 6.45) is 6.83. The van der Waals surface area contributed by atoms with Crippen LogP contribution in [0.4, 0.5) is 0 Å². The highest BCUT2D eigenvalue weighted by molar-refractivity contribution is 5.69. The van der Waals surface area contributed by atoms with Crippen molar-refractivity contribution in [1.82, 2.24) is 0 Å². The second-order valence-corrected chi connectivity index (χ2v) is 6.83. The van der Waals surface area contributed by atoms with Crippen LogP contribution in [0.15, 0.2) is 47.3 Å². The molecule has 0 bridgehead atoms. The lowest BCUT2D eigenvalue weighted by atomic mass is 10.1. The van der Waals surface area contributed by atoms with E-state index in [-0.39, 0.29) is 19.0 Å². The Kier molecular flexibility index (Phi) is 8.27. The molecule has 0 spiro atoms. The molecule has 1 heterocycles. The lowest BCUT2D eigenvalue weighted by molar-refractivity contribution is 0.178. The fourth-order valence-electron chi connectivity index (χ4n) is 2.61. The minimum atomic E-state index is 0.0818. The van der Waals surface area contributed by atoms with Gasteiger partial charge in [0.2, 0.25) is 0 Å². The average Bonchev–Trinajstić information content (AvgIpc) is 2.64. The fourth-order valence-corrected chi connectivity index (χ4v) is 2.61. The van der Waals surface area contributed by atoms with Crippen LogP contribution >= 0.6 is 0 Å². The molecule has 1 aliphatic heterocycles. The first-order valence-electron chi connectivity index (χ1n) is 9.36. The van der Waals surface area contributed by atoms with Crippen LogP contribution in [0.1, 0.15) is 45.6 Å². The fraction of sp³-hybridized carbons (Fsp3) is 0.455. The van der Waals surface area contributed by atoms with Gasteiger partial charge < -0.3 is 24.4 Å². The molecule has 0 fully saturated rings. The standard InChI is InChI=1S/C22H30O5/c1-16(2)6-4-7-17(3)10-13-26-21-15-27-20-9-8-18(25-12-5-11-23)14-19(20)22(21)24/h6,8-10,14,23-24H,4-5,7,11-13,15H2,1-3H3/b17-10+. The van der Waals surface area contributed by atoms with Gasteiger partial charge in [-0.05, 0) is 57.9 Å². The Morgan fingerprint density at radius 3 is 2.74 bits per heavy atom. The zero-order chi connectivity index (χ0) is 19.6. The summed E-state index contributed by atoms with van der Waals surface area (Å²) < 4.78 is 17.0. The van der Waals surface area contributed by atoms with Crippen molar-refractivity contribution in [3.05, 3.63) is 52.8 Å². The molecule has 148 valence electrons. The van der Waals surface area contributed by atoms with Gasteiger partial charge in [0.1, 0.15) is 24.7 Å². The van der Waals surface area contributed by atoms with Crippen LogP contribution in [0.25, 0.3) is 5.76 Å². The first kappa shape index (κ1) is 20.9. The van der Waals surface area contributed by atoms with Crippen molar-refractivity contribution in [3.8, 4) is 11.5 Å². The topological polar surface area (TPSA) is 68.2 Å². The first-order valence-corrected chi connectivity index (χ1v) is 9.36. The number of ether oxygens (including phenoxy) is 3. The smallest absolute Gasteiger partial charge is 0.176 e. The molecule has 27 heavy (non-hydrogen) atoms. The third-order valence-corrected chi connectivity index (χ3v) is 4.18. The summed E-state index contributed by atoms with van der Waals surface area (Å²) in [6, 6.07) is 5.28. The molecule has 0 unspecified atom stereocenters. The minimum absolute atomic E-state index is 0.0818. The van der Waals surface area contributed by atoms with Gasteiger partial charge in [-0.1, -0.05) is 17.2 Å². The average molecular weight is 374 g/mol. The lowest BCUT2D eigenvalue weighted by Crippen LogP contribution is -2.14. The Bertz CT molecular complexity index is 711. The Labute approximate surface area is 161 Å². The van der Waals surface area contributed by atoms with E-state index in [0.29, 0.717) is 42.5 Å². The molecular weight excluding hydrogens is 344 g/mol. The van der Waals surface area contributed by atoms with Gasteiger partial charge in [-0.15, -0.1) is 0 Å². The second kappa shape index (κ2) is 10.7. The number of fused-ring (bicyclic) bond motifs is 1. The van der Waals surface area contributed by atoms with Crippen LogP contribution in [0.2, 0.25) is 0 Å². The summed E-state index contributed by atoms with van der Waals surface area (Å²) >= 11 is 0. The van der Waals surface area contributed by atoms with Gasteiger partial charge in [-0.25, -0.2) is 0 Å². The van der Waals surface area contributed by atoms with Crippen molar-refractivity contribution < 1.29 is 24.4 Å². The quantitative estimate of drug-likeness (QED) is 0.456. The van der Waals surface area contributed by atoms with E-state index >= 15 is 0 Å². The molecule has 2 rings (SSSR count). The maximum absolute atomic E-state index is 10.5. The molecule has 0 aromatic heterocycles. The third kappa shape index (κ3) is 6.68. The number of allylic oxidation sites excluding steroid dienone is 3. The molecule has 0 saturated heterocycles. The summed E-state index contributed by atoms with van der Waals surface area (Å²) in [4.78, 5) is 0. The predicted octanol–water partition coefficient (Wildman–Crippen LogP) is 4.78. The zero-order valence-electron chi connectivity index (χ0n) is 16.5. The summed E-state index contributed by atoms with van der Waals surface area (Å²) in [6.45, 7) is 7.38. The first-order chi connectivity index (χ1) is 13.0. The van der Waals surface area contributed by atoms with E-state index < -0.39 is 0 Å². The molecule has 2 N–H and O–H groups in total. The highest BCUT2D eigenvalue weighted by atomic mass is 16.5. The van der Waals surface area contributed by atoms with Crippen molar-refractivity contribution in [3.63, 3.8) is 0 Å². The van der Waals surface area contributed by atoms with Crippen LogP contribution < -0.4 is 9.47 Å². The van der Waals surface area contributed by atoms with E-state index in [1.807, 2.05) is 6.08 Å². The minimum Gasteiger partial charge on any atom is -0.504 e. The number of hydrogen-bond donors (Lipinski definition) is 2. The molecular formula is C22H30O5. The molecule has 5 nitrogen and oxygen atoms in total. The molecule has 5 heteroatoms. The van der Waals surface area contributed by atoms with Gasteiger partial charge in [0.05, 0.1) is 12.2 Å². The van der Waals surface area contributed by atoms with Crippen molar-refractivity contribution in [2.75, 3.05) is 26.4 Å². The summed E-state index contributed by atoms with van der Waals surface area (Å²) in [5.41, 5.74) is 3.14. The second-order valence-electron chi connectivity index (χ2n) is 6.83. The number of aliphatic hydroxyl groups excluding tert-OH is 2. The summed E-state index contributed by atoms with van der Waals surface area (Å²) in [5, 5.41) is 19.4. The maximum atomic E-state index is 10.5. The van der Waals surface area contributed by atoms with Crippen LogP contribution in [0, 0.1) is 0 Å². The van der Waals surface area contributed by atoms with Gasteiger partial charge in [0, 0.05) is 13.0 Å².